The molecule has 49 heavy (non-hydrogen) atoms. The van der Waals surface area contributed by atoms with Crippen LogP contribution in [0.4, 0.5) is 0 Å². The van der Waals surface area contributed by atoms with E-state index in [4.69, 9.17) is 9.16 Å². The summed E-state index contributed by atoms with van der Waals surface area (Å²) in [5, 5.41) is -0.00144. The van der Waals surface area contributed by atoms with Gasteiger partial charge in [0.2, 0.25) is 0 Å². The summed E-state index contributed by atoms with van der Waals surface area (Å²) in [6.07, 6.45) is 12.7. The normalized spacial score (nSPS) is 39.8. The van der Waals surface area contributed by atoms with E-state index in [2.05, 4.69) is 100 Å². The highest BCUT2D eigenvalue weighted by Gasteiger charge is 2.72. The van der Waals surface area contributed by atoms with E-state index in [1.54, 1.807) is 0 Å². The van der Waals surface area contributed by atoms with Crippen molar-refractivity contribution in [2.45, 2.75) is 138 Å². The molecule has 5 aliphatic rings. The molecule has 0 radical (unpaired) electrons. The van der Waals surface area contributed by atoms with Crippen molar-refractivity contribution in [3.05, 3.63) is 53.6 Å². The molecule has 0 heterocycles. The number of hydrogen-bond donors (Lipinski definition) is 0. The van der Waals surface area contributed by atoms with E-state index in [-0.39, 0.29) is 44.1 Å². The number of ether oxygens (including phenoxy) is 1. The predicted molar refractivity (Wildman–Crippen MR) is 203 cm³/mol. The second kappa shape index (κ2) is 11.7. The van der Waals surface area contributed by atoms with Gasteiger partial charge < -0.3 is 9.16 Å². The van der Waals surface area contributed by atoms with Crippen molar-refractivity contribution in [2.24, 2.45) is 56.7 Å². The molecule has 0 bridgehead atoms. The first kappa shape index (κ1) is 36.6. The maximum absolute atomic E-state index is 14.7. The molecule has 5 aliphatic carbocycles. The molecule has 6 rings (SSSR count). The second-order valence-electron chi connectivity index (χ2n) is 20.1. The Labute approximate surface area is 299 Å². The number of benzene rings is 1. The van der Waals surface area contributed by atoms with Gasteiger partial charge >= 0.3 is 5.97 Å². The van der Waals surface area contributed by atoms with Crippen LogP contribution in [0.2, 0.25) is 18.1 Å². The fourth-order valence-electron chi connectivity index (χ4n) is 13.0. The van der Waals surface area contributed by atoms with Gasteiger partial charge in [-0.3, -0.25) is 4.79 Å². The van der Waals surface area contributed by atoms with Crippen molar-refractivity contribution < 1.29 is 18.8 Å². The minimum Gasteiger partial charge on any atom is -0.519 e. The fourth-order valence-corrected chi connectivity index (χ4v) is 14.0. The van der Waals surface area contributed by atoms with Crippen LogP contribution >= 0.6 is 0 Å². The molecule has 4 fully saturated rings. The van der Waals surface area contributed by atoms with E-state index in [1.165, 1.54) is 49.5 Å². The second-order valence-corrected chi connectivity index (χ2v) is 24.8. The molecule has 5 heteroatoms. The van der Waals surface area contributed by atoms with E-state index in [0.29, 0.717) is 35.2 Å². The Kier molecular flexibility index (Phi) is 8.74. The smallest absolute Gasteiger partial charge is 0.337 e. The van der Waals surface area contributed by atoms with E-state index >= 15 is 0 Å². The number of carbonyl (C=O) groups excluding carboxylic acids is 2. The first-order chi connectivity index (χ1) is 22.6. The Morgan fingerprint density at radius 1 is 0.857 bits per heavy atom. The highest BCUT2D eigenvalue weighted by molar-refractivity contribution is 6.75. The highest BCUT2D eigenvalue weighted by Crippen LogP contribution is 2.78. The minimum atomic E-state index is -2.25. The summed E-state index contributed by atoms with van der Waals surface area (Å²) in [6, 6.07) is 8.06. The number of carbonyl (C=O) groups is 2. The molecule has 0 aromatic heterocycles. The maximum Gasteiger partial charge on any atom is 0.337 e. The molecular weight excluding hydrogens is 621 g/mol. The van der Waals surface area contributed by atoms with E-state index in [9.17, 15) is 9.59 Å². The maximum atomic E-state index is 14.7. The fraction of sp³-hybridized carbons (Fsp3) is 0.727. The van der Waals surface area contributed by atoms with Gasteiger partial charge in [0.1, 0.15) is 0 Å². The summed E-state index contributed by atoms with van der Waals surface area (Å²) in [4.78, 5) is 26.8. The van der Waals surface area contributed by atoms with E-state index in [0.717, 1.165) is 32.1 Å². The number of hydrogen-bond acceptors (Lipinski definition) is 4. The SMILES string of the molecule is C=C(C)[C@@H]1CC[C@]2(C(=O)O[Si](C)(C)C(C)(C)C)CC[C@]3(C)[C@H](CC[C@@H]4[C@@]5(C)CC=C(c6ccc(C(=O)OC)cc6)C(C)(C)[C@@H]5CC[C@]43C)[C@@H]12. The van der Waals surface area contributed by atoms with Crippen LogP contribution in [0.25, 0.3) is 5.57 Å². The average molecular weight is 687 g/mol. The molecule has 1 aromatic rings. The minimum absolute atomic E-state index is 0.00144. The van der Waals surface area contributed by atoms with Crippen LogP contribution in [-0.4, -0.2) is 27.4 Å². The Balaban J connectivity index is 1.34. The summed E-state index contributed by atoms with van der Waals surface area (Å²) >= 11 is 0. The largest absolute Gasteiger partial charge is 0.519 e. The van der Waals surface area contributed by atoms with Gasteiger partial charge in [-0.2, -0.15) is 0 Å². The molecule has 4 saturated carbocycles. The standard InChI is InChI=1S/C44H66O4Si/c1-28(2)31-20-25-44(38(46)48-49(12,13)39(3,4)5)27-26-42(9)33(36(31)44)18-19-35-41(8)23-21-32(29-14-16-30(17-15-29)37(45)47-11)40(6,7)34(41)22-24-43(35,42)10/h14-17,21,31,33-36H,1,18-20,22-27H2,2-13H3/t31-,33+,34-,35+,36+,41-,42+,43+,44-/m0/s1. The predicted octanol–water partition coefficient (Wildman–Crippen LogP) is 11.7. The summed E-state index contributed by atoms with van der Waals surface area (Å²) in [5.41, 5.74) is 4.76. The highest BCUT2D eigenvalue weighted by atomic mass is 28.4. The van der Waals surface area contributed by atoms with Gasteiger partial charge in [0.25, 0.3) is 14.3 Å². The zero-order valence-corrected chi connectivity index (χ0v) is 34.0. The molecule has 0 N–H and O–H groups in total. The lowest BCUT2D eigenvalue weighted by atomic mass is 9.32. The molecule has 0 aliphatic heterocycles. The molecule has 9 atom stereocenters. The van der Waals surface area contributed by atoms with Crippen LogP contribution in [0.3, 0.4) is 0 Å². The third-order valence-corrected chi connectivity index (χ3v) is 21.1. The Morgan fingerprint density at radius 2 is 1.51 bits per heavy atom. The summed E-state index contributed by atoms with van der Waals surface area (Å²) in [6.45, 7) is 30.9. The summed E-state index contributed by atoms with van der Waals surface area (Å²) in [7, 11) is -0.813. The third-order valence-electron chi connectivity index (χ3n) is 16.8. The van der Waals surface area contributed by atoms with Gasteiger partial charge in [0.15, 0.2) is 0 Å². The van der Waals surface area contributed by atoms with Crippen molar-refractivity contribution in [1.29, 1.82) is 0 Å². The van der Waals surface area contributed by atoms with Crippen LogP contribution in [0, 0.1) is 56.7 Å². The molecule has 4 nitrogen and oxygen atoms in total. The quantitative estimate of drug-likeness (QED) is 0.176. The number of esters is 1. The molecule has 0 amide bonds. The lowest BCUT2D eigenvalue weighted by molar-refractivity contribution is -0.227. The molecule has 1 aromatic carbocycles. The first-order valence-electron chi connectivity index (χ1n) is 19.4. The van der Waals surface area contributed by atoms with Gasteiger partial charge in [-0.05, 0) is 157 Å². The monoisotopic (exact) mass is 686 g/mol. The van der Waals surface area contributed by atoms with Crippen molar-refractivity contribution in [3.8, 4) is 0 Å². The van der Waals surface area contributed by atoms with Gasteiger partial charge in [-0.1, -0.05) is 85.8 Å². The van der Waals surface area contributed by atoms with Crippen LogP contribution in [-0.2, 0) is 14.0 Å². The van der Waals surface area contributed by atoms with Crippen LogP contribution < -0.4 is 0 Å². The molecule has 0 unspecified atom stereocenters. The Morgan fingerprint density at radius 3 is 2.10 bits per heavy atom. The van der Waals surface area contributed by atoms with Crippen molar-refractivity contribution in [1.82, 2.24) is 0 Å². The number of fused-ring (bicyclic) bond motifs is 7. The first-order valence-corrected chi connectivity index (χ1v) is 22.3. The van der Waals surface area contributed by atoms with Gasteiger partial charge in [-0.25, -0.2) is 4.79 Å². The zero-order chi connectivity index (χ0) is 36.2. The summed E-state index contributed by atoms with van der Waals surface area (Å²) in [5.74, 6) is 2.29. The van der Waals surface area contributed by atoms with Gasteiger partial charge in [0, 0.05) is 0 Å². The topological polar surface area (TPSA) is 52.6 Å². The number of rotatable bonds is 5. The van der Waals surface area contributed by atoms with Crippen LogP contribution in [0.15, 0.2) is 42.5 Å². The number of allylic oxidation sites excluding steroid dienone is 3. The zero-order valence-electron chi connectivity index (χ0n) is 33.0. The van der Waals surface area contributed by atoms with E-state index in [1.807, 2.05) is 12.1 Å². The lowest BCUT2D eigenvalue weighted by Crippen LogP contribution is -2.66. The Bertz CT molecular complexity index is 1540. The third kappa shape index (κ3) is 5.15. The summed E-state index contributed by atoms with van der Waals surface area (Å²) < 4.78 is 11.7. The molecule has 0 saturated heterocycles. The van der Waals surface area contributed by atoms with E-state index < -0.39 is 8.32 Å². The number of methoxy groups -OCH3 is 1. The van der Waals surface area contributed by atoms with Gasteiger partial charge in [0.05, 0.1) is 18.1 Å². The van der Waals surface area contributed by atoms with Crippen molar-refractivity contribution in [3.63, 3.8) is 0 Å². The van der Waals surface area contributed by atoms with Crippen LogP contribution in [0.5, 0.6) is 0 Å². The molecular formula is C44H66O4Si. The Hall–Kier alpha value is -2.14. The molecule has 270 valence electrons. The average Bonchev–Trinajstić information content (AvgIpc) is 3.42. The van der Waals surface area contributed by atoms with Gasteiger partial charge in [-0.15, -0.1) is 0 Å². The van der Waals surface area contributed by atoms with Crippen molar-refractivity contribution >= 4 is 25.8 Å². The molecule has 0 spiro atoms. The lowest BCUT2D eigenvalue weighted by Gasteiger charge is -2.72. The van der Waals surface area contributed by atoms with Crippen LogP contribution in [0.1, 0.15) is 136 Å². The van der Waals surface area contributed by atoms with Crippen molar-refractivity contribution in [2.75, 3.05) is 7.11 Å².